The normalized spacial score (nSPS) is 20.1. The van der Waals surface area contributed by atoms with E-state index in [4.69, 9.17) is 0 Å². The first-order valence-corrected chi connectivity index (χ1v) is 10.6. The van der Waals surface area contributed by atoms with E-state index in [2.05, 4.69) is 11.4 Å². The molecule has 1 N–H and O–H groups in total. The SMILES string of the molecule is CCNC(=O)N1CCSC12C(=O)N(Cc1cccc(C#N)c1)c1ccc(C)cc12. The molecule has 0 bridgehead atoms. The molecule has 7 heteroatoms. The molecule has 2 aliphatic rings. The Morgan fingerprint density at radius 2 is 2.14 bits per heavy atom. The predicted molar refractivity (Wildman–Crippen MR) is 113 cm³/mol. The number of urea groups is 1. The van der Waals surface area contributed by atoms with E-state index in [0.29, 0.717) is 31.0 Å². The first-order chi connectivity index (χ1) is 14.0. The lowest BCUT2D eigenvalue weighted by molar-refractivity contribution is -0.123. The molecule has 2 aliphatic heterocycles. The number of carbonyl (C=O) groups excluding carboxylic acids is 2. The van der Waals surface area contributed by atoms with Crippen LogP contribution in [-0.2, 0) is 16.2 Å². The van der Waals surface area contributed by atoms with E-state index in [9.17, 15) is 14.9 Å². The minimum absolute atomic E-state index is 0.103. The van der Waals surface area contributed by atoms with Crippen LogP contribution in [0.2, 0.25) is 0 Å². The Morgan fingerprint density at radius 1 is 1.31 bits per heavy atom. The van der Waals surface area contributed by atoms with Crippen LogP contribution in [0.3, 0.4) is 0 Å². The van der Waals surface area contributed by atoms with Crippen molar-refractivity contribution in [2.75, 3.05) is 23.7 Å². The van der Waals surface area contributed by atoms with Gasteiger partial charge in [-0.25, -0.2) is 4.79 Å². The highest BCUT2D eigenvalue weighted by Crippen LogP contribution is 2.54. The Kier molecular flexibility index (Phi) is 4.97. The average molecular weight is 407 g/mol. The van der Waals surface area contributed by atoms with E-state index in [1.807, 2.05) is 44.2 Å². The van der Waals surface area contributed by atoms with Crippen LogP contribution in [0.25, 0.3) is 0 Å². The van der Waals surface area contributed by atoms with Crippen LogP contribution in [0, 0.1) is 18.3 Å². The Hall–Kier alpha value is -2.98. The predicted octanol–water partition coefficient (Wildman–Crippen LogP) is 3.34. The number of rotatable bonds is 3. The summed E-state index contributed by atoms with van der Waals surface area (Å²) in [6.07, 6.45) is 0. The van der Waals surface area contributed by atoms with Gasteiger partial charge in [-0.15, -0.1) is 11.8 Å². The molecule has 1 spiro atoms. The van der Waals surface area contributed by atoms with E-state index in [1.165, 1.54) is 11.8 Å². The van der Waals surface area contributed by atoms with Gasteiger partial charge in [0, 0.05) is 24.4 Å². The number of nitrogens with one attached hydrogen (secondary N) is 1. The zero-order valence-corrected chi connectivity index (χ0v) is 17.3. The van der Waals surface area contributed by atoms with Gasteiger partial charge in [0.25, 0.3) is 5.91 Å². The number of amides is 3. The van der Waals surface area contributed by atoms with Gasteiger partial charge in [0.05, 0.1) is 23.9 Å². The van der Waals surface area contributed by atoms with E-state index in [-0.39, 0.29) is 11.9 Å². The lowest BCUT2D eigenvalue weighted by atomic mass is 10.0. The highest BCUT2D eigenvalue weighted by Gasteiger charge is 2.59. The van der Waals surface area contributed by atoms with Crippen molar-refractivity contribution in [1.82, 2.24) is 10.2 Å². The fourth-order valence-corrected chi connectivity index (χ4v) is 5.51. The second-order valence-electron chi connectivity index (χ2n) is 7.20. The van der Waals surface area contributed by atoms with Crippen LogP contribution in [0.5, 0.6) is 0 Å². The molecule has 1 fully saturated rings. The smallest absolute Gasteiger partial charge is 0.319 e. The molecule has 0 aliphatic carbocycles. The molecule has 4 rings (SSSR count). The molecule has 1 unspecified atom stereocenters. The van der Waals surface area contributed by atoms with Crippen molar-refractivity contribution in [3.05, 3.63) is 64.7 Å². The van der Waals surface area contributed by atoms with E-state index in [0.717, 1.165) is 22.4 Å². The second kappa shape index (κ2) is 7.45. The van der Waals surface area contributed by atoms with Crippen LogP contribution < -0.4 is 10.2 Å². The maximum Gasteiger partial charge on any atom is 0.319 e. The molecular weight excluding hydrogens is 384 g/mol. The van der Waals surface area contributed by atoms with Crippen molar-refractivity contribution in [2.24, 2.45) is 0 Å². The molecule has 148 valence electrons. The summed E-state index contributed by atoms with van der Waals surface area (Å²) in [5.41, 5.74) is 4.19. The van der Waals surface area contributed by atoms with Crippen LogP contribution in [0.1, 0.15) is 29.2 Å². The summed E-state index contributed by atoms with van der Waals surface area (Å²) >= 11 is 1.52. The van der Waals surface area contributed by atoms with Crippen molar-refractivity contribution < 1.29 is 9.59 Å². The van der Waals surface area contributed by atoms with Gasteiger partial charge in [-0.2, -0.15) is 5.26 Å². The molecule has 1 saturated heterocycles. The molecule has 1 atom stereocenters. The maximum atomic E-state index is 13.8. The number of hydrogen-bond acceptors (Lipinski definition) is 4. The Labute approximate surface area is 174 Å². The standard InChI is InChI=1S/C22H22N4O2S/c1-3-24-21(28)26-9-10-29-22(26)18-11-15(2)7-8-19(18)25(20(22)27)14-17-6-4-5-16(12-17)13-23/h4-8,11-12H,3,9-10,14H2,1-2H3,(H,24,28). The van der Waals surface area contributed by atoms with E-state index in [1.54, 1.807) is 21.9 Å². The zero-order chi connectivity index (χ0) is 20.6. The van der Waals surface area contributed by atoms with Gasteiger partial charge < -0.3 is 10.2 Å². The summed E-state index contributed by atoms with van der Waals surface area (Å²) in [4.78, 5) is 29.0. The van der Waals surface area contributed by atoms with E-state index < -0.39 is 4.87 Å². The second-order valence-corrected chi connectivity index (χ2v) is 8.49. The van der Waals surface area contributed by atoms with Gasteiger partial charge in [0.2, 0.25) is 0 Å². The molecule has 2 heterocycles. The van der Waals surface area contributed by atoms with Gasteiger partial charge in [0.1, 0.15) is 0 Å². The molecule has 6 nitrogen and oxygen atoms in total. The quantitative estimate of drug-likeness (QED) is 0.848. The molecule has 3 amide bonds. The average Bonchev–Trinajstić information content (AvgIpc) is 3.26. The molecule has 0 aromatic heterocycles. The van der Waals surface area contributed by atoms with Gasteiger partial charge in [-0.3, -0.25) is 9.69 Å². The van der Waals surface area contributed by atoms with E-state index >= 15 is 0 Å². The van der Waals surface area contributed by atoms with Gasteiger partial charge in [0.15, 0.2) is 4.87 Å². The number of nitriles is 1. The number of hydrogen-bond donors (Lipinski definition) is 1. The van der Waals surface area contributed by atoms with Gasteiger partial charge >= 0.3 is 6.03 Å². The van der Waals surface area contributed by atoms with Gasteiger partial charge in [-0.1, -0.05) is 29.8 Å². The van der Waals surface area contributed by atoms with Crippen molar-refractivity contribution in [2.45, 2.75) is 25.3 Å². The highest BCUT2D eigenvalue weighted by molar-refractivity contribution is 8.01. The third-order valence-electron chi connectivity index (χ3n) is 5.32. The third-order valence-corrected chi connectivity index (χ3v) is 6.74. The number of benzene rings is 2. The third kappa shape index (κ3) is 3.04. The van der Waals surface area contributed by atoms with Gasteiger partial charge in [-0.05, 0) is 37.6 Å². The molecule has 2 aromatic carbocycles. The van der Waals surface area contributed by atoms with Crippen LogP contribution in [0.4, 0.5) is 10.5 Å². The van der Waals surface area contributed by atoms with Crippen LogP contribution >= 0.6 is 11.8 Å². The van der Waals surface area contributed by atoms with Crippen molar-refractivity contribution in [3.63, 3.8) is 0 Å². The number of aryl methyl sites for hydroxylation is 1. The van der Waals surface area contributed by atoms with Crippen LogP contribution in [0.15, 0.2) is 42.5 Å². The fourth-order valence-electron chi connectivity index (χ4n) is 4.05. The molecule has 29 heavy (non-hydrogen) atoms. The zero-order valence-electron chi connectivity index (χ0n) is 16.4. The fraction of sp³-hybridized carbons (Fsp3) is 0.318. The monoisotopic (exact) mass is 406 g/mol. The summed E-state index contributed by atoms with van der Waals surface area (Å²) < 4.78 is 0. The number of anilines is 1. The van der Waals surface area contributed by atoms with Crippen molar-refractivity contribution >= 4 is 29.4 Å². The van der Waals surface area contributed by atoms with Crippen molar-refractivity contribution in [3.8, 4) is 6.07 Å². The molecule has 2 aromatic rings. The summed E-state index contributed by atoms with van der Waals surface area (Å²) in [5.74, 6) is 0.600. The molecule has 0 radical (unpaired) electrons. The minimum atomic E-state index is -1.03. The molecule has 0 saturated carbocycles. The summed E-state index contributed by atoms with van der Waals surface area (Å²) in [6.45, 7) is 5.25. The lowest BCUT2D eigenvalue weighted by Gasteiger charge is -2.33. The van der Waals surface area contributed by atoms with Crippen molar-refractivity contribution in [1.29, 1.82) is 5.26 Å². The Bertz CT molecular complexity index is 1030. The molecular formula is C22H22N4O2S. The Morgan fingerprint density at radius 3 is 2.90 bits per heavy atom. The topological polar surface area (TPSA) is 76.4 Å². The number of fused-ring (bicyclic) bond motifs is 2. The van der Waals surface area contributed by atoms with Crippen LogP contribution in [-0.4, -0.2) is 35.7 Å². The summed E-state index contributed by atoms with van der Waals surface area (Å²) in [6, 6.07) is 15.2. The highest BCUT2D eigenvalue weighted by atomic mass is 32.2. The lowest BCUT2D eigenvalue weighted by Crippen LogP contribution is -2.53. The summed E-state index contributed by atoms with van der Waals surface area (Å²) in [5, 5.41) is 12.0. The number of nitrogens with zero attached hydrogens (tertiary/aromatic N) is 3. The number of carbonyl (C=O) groups is 2. The Balaban J connectivity index is 1.79. The first-order valence-electron chi connectivity index (χ1n) is 9.63. The number of thioether (sulfide) groups is 1. The largest absolute Gasteiger partial charge is 0.338 e. The minimum Gasteiger partial charge on any atom is -0.338 e. The first kappa shape index (κ1) is 19.3. The maximum absolute atomic E-state index is 13.8. The summed E-state index contributed by atoms with van der Waals surface area (Å²) in [7, 11) is 0.